The number of nitrogens with one attached hydrogen (secondary N) is 1. The van der Waals surface area contributed by atoms with Crippen LogP contribution in [0.3, 0.4) is 0 Å². The molecule has 2 saturated heterocycles. The van der Waals surface area contributed by atoms with E-state index in [4.69, 9.17) is 10.7 Å². The van der Waals surface area contributed by atoms with Crippen molar-refractivity contribution >= 4 is 17.2 Å². The van der Waals surface area contributed by atoms with Gasteiger partial charge in [0.25, 0.3) is 0 Å². The molecule has 2 bridgehead atoms. The van der Waals surface area contributed by atoms with Gasteiger partial charge in [0.1, 0.15) is 11.5 Å². The van der Waals surface area contributed by atoms with Crippen LogP contribution in [0.1, 0.15) is 54.6 Å². The van der Waals surface area contributed by atoms with Gasteiger partial charge in [0, 0.05) is 48.6 Å². The zero-order valence-corrected chi connectivity index (χ0v) is 18.7. The van der Waals surface area contributed by atoms with Crippen molar-refractivity contribution in [1.29, 1.82) is 0 Å². The van der Waals surface area contributed by atoms with Crippen molar-refractivity contribution in [1.82, 2.24) is 34.7 Å². The third kappa shape index (κ3) is 3.31. The number of aromatic nitrogens is 6. The molecule has 0 amide bonds. The van der Waals surface area contributed by atoms with Gasteiger partial charge in [-0.1, -0.05) is 6.07 Å². The molecule has 0 unspecified atom stereocenters. The van der Waals surface area contributed by atoms with Gasteiger partial charge in [-0.25, -0.2) is 4.98 Å². The van der Waals surface area contributed by atoms with E-state index in [0.29, 0.717) is 29.1 Å². The lowest BCUT2D eigenvalue weighted by Crippen LogP contribution is -2.38. The number of fused-ring (bicyclic) bond motifs is 3. The number of Topliss-reactive ketones (excluding diaryl/α,β-unsaturated/α-hetero) is 1. The van der Waals surface area contributed by atoms with Gasteiger partial charge < -0.3 is 11.1 Å². The topological polar surface area (TPSA) is 116 Å². The highest BCUT2D eigenvalue weighted by molar-refractivity contribution is 6.00. The summed E-state index contributed by atoms with van der Waals surface area (Å²) in [6.45, 7) is 1.56. The quantitative estimate of drug-likeness (QED) is 0.467. The normalized spacial score (nSPS) is 22.2. The van der Waals surface area contributed by atoms with Crippen molar-refractivity contribution in [2.24, 2.45) is 7.05 Å². The molecule has 2 aliphatic rings. The molecule has 0 spiro atoms. The molecule has 33 heavy (non-hydrogen) atoms. The molecule has 9 nitrogen and oxygen atoms in total. The maximum absolute atomic E-state index is 12.6. The fourth-order valence-electron chi connectivity index (χ4n) is 5.43. The van der Waals surface area contributed by atoms with Gasteiger partial charge in [-0.3, -0.25) is 14.5 Å². The van der Waals surface area contributed by atoms with Crippen molar-refractivity contribution in [3.63, 3.8) is 0 Å². The average molecular weight is 443 g/mol. The second-order valence-electron chi connectivity index (χ2n) is 9.22. The summed E-state index contributed by atoms with van der Waals surface area (Å²) in [4.78, 5) is 22.2. The number of hydrogen-bond donors (Lipinski definition) is 2. The number of nitrogens with zero attached hydrogens (tertiary/aromatic N) is 6. The highest BCUT2D eigenvalue weighted by atomic mass is 16.1. The summed E-state index contributed by atoms with van der Waals surface area (Å²) < 4.78 is 3.34. The van der Waals surface area contributed by atoms with Gasteiger partial charge in [0.2, 0.25) is 0 Å². The first-order valence-electron chi connectivity index (χ1n) is 11.4. The monoisotopic (exact) mass is 442 g/mol. The number of ketones is 1. The Morgan fingerprint density at radius 2 is 1.91 bits per heavy atom. The molecule has 2 fully saturated rings. The molecule has 6 rings (SSSR count). The van der Waals surface area contributed by atoms with Crippen LogP contribution in [0.5, 0.6) is 0 Å². The Bertz CT molecular complexity index is 1360. The number of aryl methyl sites for hydroxylation is 1. The third-order valence-electron chi connectivity index (χ3n) is 6.97. The van der Waals surface area contributed by atoms with Crippen molar-refractivity contribution in [3.8, 4) is 22.5 Å². The highest BCUT2D eigenvalue weighted by Gasteiger charge is 2.37. The van der Waals surface area contributed by atoms with Crippen molar-refractivity contribution < 1.29 is 4.79 Å². The molecule has 3 atom stereocenters. The summed E-state index contributed by atoms with van der Waals surface area (Å²) in [5.41, 5.74) is 11.8. The molecular formula is C24H26N8O. The van der Waals surface area contributed by atoms with Gasteiger partial charge >= 0.3 is 0 Å². The maximum Gasteiger partial charge on any atom is 0.165 e. The Hall–Kier alpha value is -3.59. The third-order valence-corrected chi connectivity index (χ3v) is 6.97. The summed E-state index contributed by atoms with van der Waals surface area (Å²) in [5.74, 6) is 0.501. The predicted molar refractivity (Wildman–Crippen MR) is 125 cm³/mol. The van der Waals surface area contributed by atoms with E-state index in [-0.39, 0.29) is 11.7 Å². The van der Waals surface area contributed by atoms with E-state index in [1.54, 1.807) is 22.3 Å². The van der Waals surface area contributed by atoms with E-state index in [1.807, 2.05) is 37.6 Å². The molecule has 0 aromatic carbocycles. The zero-order valence-electron chi connectivity index (χ0n) is 18.7. The molecular weight excluding hydrogens is 416 g/mol. The van der Waals surface area contributed by atoms with Crippen LogP contribution in [0.15, 0.2) is 36.8 Å². The number of carbonyl (C=O) groups excluding carboxylic acids is 1. The molecule has 9 heteroatoms. The SMILES string of the molecule is CC(=O)c1c([C@H]2C[C@H]3CC[C@@H](C2)N3)nc2c(-c3ccc(-c4ccn(C)n4)nc3)cnn2c1N. The van der Waals surface area contributed by atoms with Crippen molar-refractivity contribution in [2.75, 3.05) is 5.73 Å². The van der Waals surface area contributed by atoms with Crippen LogP contribution < -0.4 is 11.1 Å². The lowest BCUT2D eigenvalue weighted by molar-refractivity contribution is 0.101. The summed E-state index contributed by atoms with van der Waals surface area (Å²) in [7, 11) is 1.88. The number of nitrogens with two attached hydrogens (primary N) is 1. The first-order valence-corrected chi connectivity index (χ1v) is 11.4. The van der Waals surface area contributed by atoms with Gasteiger partial charge in [-0.2, -0.15) is 14.7 Å². The number of rotatable bonds is 4. The molecule has 168 valence electrons. The molecule has 2 aliphatic heterocycles. The Kier molecular flexibility index (Phi) is 4.55. The second-order valence-corrected chi connectivity index (χ2v) is 9.22. The van der Waals surface area contributed by atoms with Crippen LogP contribution in [-0.2, 0) is 7.05 Å². The fraction of sp³-hybridized carbons (Fsp3) is 0.375. The van der Waals surface area contributed by atoms with Crippen molar-refractivity contribution in [3.05, 3.63) is 48.0 Å². The minimum absolute atomic E-state index is 0.0683. The van der Waals surface area contributed by atoms with Crippen molar-refractivity contribution in [2.45, 2.75) is 50.6 Å². The lowest BCUT2D eigenvalue weighted by atomic mass is 9.86. The Morgan fingerprint density at radius 3 is 2.55 bits per heavy atom. The van der Waals surface area contributed by atoms with Gasteiger partial charge in [-0.05, 0) is 44.7 Å². The number of anilines is 1. The van der Waals surface area contributed by atoms with E-state index in [9.17, 15) is 4.79 Å². The standard InChI is InChI=1S/C24H26N8O/c1-13(33)21-22(15-9-16-4-5-17(10-15)28-16)29-24-18(12-27-32(24)23(21)25)14-3-6-19(26-11-14)20-7-8-31(2)30-20/h3,6-8,11-12,15-17,28H,4-5,9-10,25H2,1-2H3/t15-,16+,17-. The second kappa shape index (κ2) is 7.48. The van der Waals surface area contributed by atoms with Gasteiger partial charge in [-0.15, -0.1) is 0 Å². The molecule has 4 aromatic heterocycles. The van der Waals surface area contributed by atoms with Crippen LogP contribution in [0.25, 0.3) is 28.2 Å². The first-order chi connectivity index (χ1) is 16.0. The minimum atomic E-state index is -0.0683. The smallest absolute Gasteiger partial charge is 0.165 e. The van der Waals surface area contributed by atoms with Crippen LogP contribution in [0, 0.1) is 0 Å². The number of nitrogen functional groups attached to an aromatic ring is 1. The lowest BCUT2D eigenvalue weighted by Gasteiger charge is -2.30. The number of hydrogen-bond acceptors (Lipinski definition) is 7. The molecule has 0 saturated carbocycles. The van der Waals surface area contributed by atoms with E-state index >= 15 is 0 Å². The number of piperidine rings is 1. The first kappa shape index (κ1) is 20.0. The number of pyridine rings is 1. The Labute approximate surface area is 191 Å². The Balaban J connectivity index is 1.45. The van der Waals surface area contributed by atoms with Crippen LogP contribution in [0.2, 0.25) is 0 Å². The number of carbonyl (C=O) groups is 1. The average Bonchev–Trinajstić information content (AvgIpc) is 3.52. The summed E-state index contributed by atoms with van der Waals surface area (Å²) in [6.07, 6.45) is 9.76. The maximum atomic E-state index is 12.6. The van der Waals surface area contributed by atoms with Gasteiger partial charge in [0.15, 0.2) is 11.4 Å². The largest absolute Gasteiger partial charge is 0.383 e. The highest BCUT2D eigenvalue weighted by Crippen LogP contribution is 2.40. The molecule has 3 N–H and O–H groups in total. The van der Waals surface area contributed by atoms with Gasteiger partial charge in [0.05, 0.1) is 23.1 Å². The summed E-state index contributed by atoms with van der Waals surface area (Å²) >= 11 is 0. The van der Waals surface area contributed by atoms with E-state index < -0.39 is 0 Å². The molecule has 6 heterocycles. The van der Waals surface area contributed by atoms with E-state index in [0.717, 1.165) is 41.1 Å². The summed E-state index contributed by atoms with van der Waals surface area (Å²) in [5, 5.41) is 12.6. The molecule has 0 aliphatic carbocycles. The summed E-state index contributed by atoms with van der Waals surface area (Å²) in [6, 6.07) is 6.84. The minimum Gasteiger partial charge on any atom is -0.383 e. The zero-order chi connectivity index (χ0) is 22.7. The Morgan fingerprint density at radius 1 is 1.12 bits per heavy atom. The van der Waals surface area contributed by atoms with Crippen LogP contribution >= 0.6 is 0 Å². The van der Waals surface area contributed by atoms with E-state index in [1.165, 1.54) is 12.8 Å². The fourth-order valence-corrected chi connectivity index (χ4v) is 5.43. The van der Waals surface area contributed by atoms with E-state index in [2.05, 4.69) is 20.5 Å². The molecule has 4 aromatic rings. The molecule has 0 radical (unpaired) electrons. The predicted octanol–water partition coefficient (Wildman–Crippen LogP) is 2.97. The van der Waals surface area contributed by atoms with Crippen LogP contribution in [0.4, 0.5) is 5.82 Å². The van der Waals surface area contributed by atoms with Crippen LogP contribution in [-0.4, -0.2) is 47.2 Å².